The van der Waals surface area contributed by atoms with Crippen molar-refractivity contribution in [2.75, 3.05) is 0 Å². The summed E-state index contributed by atoms with van der Waals surface area (Å²) in [5.41, 5.74) is 2.65. The summed E-state index contributed by atoms with van der Waals surface area (Å²) in [4.78, 5) is 4.20. The van der Waals surface area contributed by atoms with E-state index in [0.29, 0.717) is 16.8 Å². The van der Waals surface area contributed by atoms with Gasteiger partial charge in [-0.05, 0) is 23.8 Å². The van der Waals surface area contributed by atoms with Crippen LogP contribution in [0, 0.1) is 5.82 Å². The molecule has 3 aromatic rings. The van der Waals surface area contributed by atoms with E-state index >= 15 is 0 Å². The van der Waals surface area contributed by atoms with E-state index in [1.807, 2.05) is 54.6 Å². The number of aromatic nitrogens is 1. The lowest BCUT2D eigenvalue weighted by molar-refractivity contribution is 0.634. The largest absolute Gasteiger partial charge is 0.256 e. The molecular formula is C17H12FN. The first-order chi connectivity index (χ1) is 9.36. The van der Waals surface area contributed by atoms with E-state index in [9.17, 15) is 4.39 Å². The van der Waals surface area contributed by atoms with E-state index in [1.165, 1.54) is 0 Å². The average Bonchev–Trinajstić information content (AvgIpc) is 2.49. The number of nitrogens with zero attached hydrogens (tertiary/aromatic N) is 1. The highest BCUT2D eigenvalue weighted by atomic mass is 19.1. The lowest BCUT2D eigenvalue weighted by atomic mass is 10.0. The molecule has 0 aliphatic heterocycles. The number of benzene rings is 2. The predicted molar refractivity (Wildman–Crippen MR) is 75.1 cm³/mol. The topological polar surface area (TPSA) is 12.9 Å². The minimum absolute atomic E-state index is 0.229. The van der Waals surface area contributed by atoms with Gasteiger partial charge < -0.3 is 0 Å². The minimum atomic E-state index is -0.229. The van der Waals surface area contributed by atoms with Crippen molar-refractivity contribution in [2.24, 2.45) is 0 Å². The van der Waals surface area contributed by atoms with Crippen molar-refractivity contribution < 1.29 is 4.39 Å². The second-order valence-corrected chi connectivity index (χ2v) is 4.25. The molecule has 0 bridgehead atoms. The van der Waals surface area contributed by atoms with E-state index in [4.69, 9.17) is 0 Å². The SMILES string of the molecule is Fc1c(-c2ccccc2)cccc1-c1ccccn1. The zero-order valence-corrected chi connectivity index (χ0v) is 10.3. The van der Waals surface area contributed by atoms with Crippen LogP contribution < -0.4 is 0 Å². The van der Waals surface area contributed by atoms with Crippen LogP contribution in [0.2, 0.25) is 0 Å². The molecule has 2 heteroatoms. The molecule has 2 aromatic carbocycles. The highest BCUT2D eigenvalue weighted by Gasteiger charge is 2.11. The lowest BCUT2D eigenvalue weighted by Crippen LogP contribution is -1.91. The summed E-state index contributed by atoms with van der Waals surface area (Å²) >= 11 is 0. The molecule has 19 heavy (non-hydrogen) atoms. The summed E-state index contributed by atoms with van der Waals surface area (Å²) in [5, 5.41) is 0. The Morgan fingerprint density at radius 2 is 1.42 bits per heavy atom. The predicted octanol–water partition coefficient (Wildman–Crippen LogP) is 4.55. The molecule has 0 unspecified atom stereocenters. The van der Waals surface area contributed by atoms with Gasteiger partial charge in [0.25, 0.3) is 0 Å². The highest BCUT2D eigenvalue weighted by Crippen LogP contribution is 2.29. The third kappa shape index (κ3) is 2.25. The number of halogens is 1. The molecule has 0 radical (unpaired) electrons. The van der Waals surface area contributed by atoms with Gasteiger partial charge in [-0.1, -0.05) is 48.5 Å². The van der Waals surface area contributed by atoms with Crippen LogP contribution in [0.25, 0.3) is 22.4 Å². The fraction of sp³-hybridized carbons (Fsp3) is 0. The highest BCUT2D eigenvalue weighted by molar-refractivity contribution is 5.72. The summed E-state index contributed by atoms with van der Waals surface area (Å²) in [6.07, 6.45) is 1.67. The molecule has 1 aromatic heterocycles. The first-order valence-corrected chi connectivity index (χ1v) is 6.11. The number of pyridine rings is 1. The Morgan fingerprint density at radius 3 is 2.16 bits per heavy atom. The van der Waals surface area contributed by atoms with Gasteiger partial charge in [0.2, 0.25) is 0 Å². The van der Waals surface area contributed by atoms with Gasteiger partial charge in [-0.15, -0.1) is 0 Å². The molecule has 1 nitrogen and oxygen atoms in total. The zero-order chi connectivity index (χ0) is 13.1. The van der Waals surface area contributed by atoms with Gasteiger partial charge in [-0.25, -0.2) is 4.39 Å². The lowest BCUT2D eigenvalue weighted by Gasteiger charge is -2.08. The summed E-state index contributed by atoms with van der Waals surface area (Å²) in [7, 11) is 0. The Balaban J connectivity index is 2.15. The maximum absolute atomic E-state index is 14.6. The Bertz CT molecular complexity index is 620. The van der Waals surface area contributed by atoms with Crippen molar-refractivity contribution in [3.8, 4) is 22.4 Å². The monoisotopic (exact) mass is 249 g/mol. The number of hydrogen-bond acceptors (Lipinski definition) is 1. The third-order valence-corrected chi connectivity index (χ3v) is 3.02. The molecule has 0 aliphatic carbocycles. The van der Waals surface area contributed by atoms with Gasteiger partial charge in [0.15, 0.2) is 0 Å². The van der Waals surface area contributed by atoms with Crippen LogP contribution >= 0.6 is 0 Å². The maximum Gasteiger partial charge on any atom is 0.140 e. The summed E-state index contributed by atoms with van der Waals surface area (Å²) in [5.74, 6) is -0.229. The number of hydrogen-bond donors (Lipinski definition) is 0. The molecule has 0 spiro atoms. The van der Waals surface area contributed by atoms with Crippen LogP contribution in [-0.4, -0.2) is 4.98 Å². The van der Waals surface area contributed by atoms with Crippen LogP contribution in [0.15, 0.2) is 72.9 Å². The van der Waals surface area contributed by atoms with Crippen LogP contribution in [0.3, 0.4) is 0 Å². The Kier molecular flexibility index (Phi) is 3.07. The van der Waals surface area contributed by atoms with E-state index in [1.54, 1.807) is 18.3 Å². The fourth-order valence-corrected chi connectivity index (χ4v) is 2.09. The molecule has 0 N–H and O–H groups in total. The Labute approximate surface area is 111 Å². The average molecular weight is 249 g/mol. The second-order valence-electron chi connectivity index (χ2n) is 4.25. The second kappa shape index (κ2) is 5.02. The Hall–Kier alpha value is -2.48. The molecule has 0 atom stereocenters. The minimum Gasteiger partial charge on any atom is -0.256 e. The van der Waals surface area contributed by atoms with Crippen molar-refractivity contribution in [3.63, 3.8) is 0 Å². The van der Waals surface area contributed by atoms with Crippen molar-refractivity contribution in [1.82, 2.24) is 4.98 Å². The van der Waals surface area contributed by atoms with Gasteiger partial charge in [0.05, 0.1) is 5.69 Å². The Morgan fingerprint density at radius 1 is 0.684 bits per heavy atom. The van der Waals surface area contributed by atoms with Gasteiger partial charge in [0.1, 0.15) is 5.82 Å². The van der Waals surface area contributed by atoms with E-state index in [0.717, 1.165) is 5.56 Å². The third-order valence-electron chi connectivity index (χ3n) is 3.02. The van der Waals surface area contributed by atoms with Gasteiger partial charge in [-0.2, -0.15) is 0 Å². The molecular weight excluding hydrogens is 237 g/mol. The van der Waals surface area contributed by atoms with E-state index in [2.05, 4.69) is 4.98 Å². The summed E-state index contributed by atoms with van der Waals surface area (Å²) in [6, 6.07) is 20.4. The molecule has 1 heterocycles. The summed E-state index contributed by atoms with van der Waals surface area (Å²) in [6.45, 7) is 0. The smallest absolute Gasteiger partial charge is 0.140 e. The van der Waals surface area contributed by atoms with Crippen molar-refractivity contribution in [3.05, 3.63) is 78.7 Å². The maximum atomic E-state index is 14.6. The molecule has 0 aliphatic rings. The van der Waals surface area contributed by atoms with Crippen LogP contribution in [0.1, 0.15) is 0 Å². The molecule has 92 valence electrons. The first kappa shape index (κ1) is 11.6. The van der Waals surface area contributed by atoms with Crippen LogP contribution in [-0.2, 0) is 0 Å². The van der Waals surface area contributed by atoms with Crippen molar-refractivity contribution >= 4 is 0 Å². The van der Waals surface area contributed by atoms with Gasteiger partial charge >= 0.3 is 0 Å². The first-order valence-electron chi connectivity index (χ1n) is 6.11. The van der Waals surface area contributed by atoms with Crippen LogP contribution in [0.4, 0.5) is 4.39 Å². The fourth-order valence-electron chi connectivity index (χ4n) is 2.09. The van der Waals surface area contributed by atoms with E-state index in [-0.39, 0.29) is 5.82 Å². The summed E-state index contributed by atoms with van der Waals surface area (Å²) < 4.78 is 14.6. The molecule has 3 rings (SSSR count). The van der Waals surface area contributed by atoms with Gasteiger partial charge in [-0.3, -0.25) is 4.98 Å². The van der Waals surface area contributed by atoms with Crippen LogP contribution in [0.5, 0.6) is 0 Å². The normalized spacial score (nSPS) is 10.4. The zero-order valence-electron chi connectivity index (χ0n) is 10.3. The molecule has 0 amide bonds. The van der Waals surface area contributed by atoms with Crippen molar-refractivity contribution in [2.45, 2.75) is 0 Å². The molecule has 0 saturated heterocycles. The van der Waals surface area contributed by atoms with E-state index < -0.39 is 0 Å². The molecule has 0 saturated carbocycles. The van der Waals surface area contributed by atoms with Crippen molar-refractivity contribution in [1.29, 1.82) is 0 Å². The van der Waals surface area contributed by atoms with Gasteiger partial charge in [0, 0.05) is 17.3 Å². The quantitative estimate of drug-likeness (QED) is 0.649. The molecule has 0 fully saturated rings. The number of rotatable bonds is 2. The standard InChI is InChI=1S/C17H12FN/c18-17-14(13-7-2-1-3-8-13)9-6-10-15(17)16-11-4-5-12-19-16/h1-12H.